The molecule has 1 amide bonds. The van der Waals surface area contributed by atoms with Gasteiger partial charge in [0.2, 0.25) is 0 Å². The summed E-state index contributed by atoms with van der Waals surface area (Å²) in [6.07, 6.45) is 1.56. The number of nitrogens with one attached hydrogen (secondary N) is 1. The van der Waals surface area contributed by atoms with Gasteiger partial charge < -0.3 is 9.73 Å². The minimum Gasteiger partial charge on any atom is -0.469 e. The third-order valence-electron chi connectivity index (χ3n) is 3.06. The van der Waals surface area contributed by atoms with Gasteiger partial charge in [-0.3, -0.25) is 4.79 Å². The lowest BCUT2D eigenvalue weighted by atomic mass is 9.90. The van der Waals surface area contributed by atoms with Gasteiger partial charge in [0.1, 0.15) is 5.76 Å². The molecule has 0 aliphatic rings. The molecule has 0 saturated heterocycles. The molecule has 5 heteroatoms. The zero-order valence-electron chi connectivity index (χ0n) is 11.2. The number of furan rings is 1. The van der Waals surface area contributed by atoms with Crippen LogP contribution in [0.1, 0.15) is 30.0 Å². The highest BCUT2D eigenvalue weighted by Crippen LogP contribution is 2.22. The molecule has 0 aliphatic carbocycles. The molecule has 0 bridgehead atoms. The molecule has 0 unspecified atom stereocenters. The van der Waals surface area contributed by atoms with Gasteiger partial charge in [-0.15, -0.1) is 0 Å². The SMILES string of the molecule is CC(C)(CNC(=O)c1ccc(F)c(F)c1)c1ccco1. The van der Waals surface area contributed by atoms with Crippen molar-refractivity contribution in [3.8, 4) is 0 Å². The molecule has 20 heavy (non-hydrogen) atoms. The van der Waals surface area contributed by atoms with E-state index in [4.69, 9.17) is 4.42 Å². The molecule has 1 N–H and O–H groups in total. The van der Waals surface area contributed by atoms with E-state index in [1.165, 1.54) is 6.07 Å². The lowest BCUT2D eigenvalue weighted by Gasteiger charge is -2.22. The molecule has 0 aliphatic heterocycles. The smallest absolute Gasteiger partial charge is 0.251 e. The van der Waals surface area contributed by atoms with Gasteiger partial charge in [-0.25, -0.2) is 8.78 Å². The van der Waals surface area contributed by atoms with Crippen LogP contribution in [0.15, 0.2) is 41.0 Å². The van der Waals surface area contributed by atoms with E-state index in [2.05, 4.69) is 5.32 Å². The Morgan fingerprint density at radius 3 is 2.60 bits per heavy atom. The van der Waals surface area contributed by atoms with Gasteiger partial charge in [-0.1, -0.05) is 13.8 Å². The molecule has 106 valence electrons. The van der Waals surface area contributed by atoms with Crippen LogP contribution < -0.4 is 5.32 Å². The van der Waals surface area contributed by atoms with Crippen LogP contribution in [0, 0.1) is 11.6 Å². The summed E-state index contributed by atoms with van der Waals surface area (Å²) in [7, 11) is 0. The van der Waals surface area contributed by atoms with Crippen LogP contribution in [0.5, 0.6) is 0 Å². The van der Waals surface area contributed by atoms with E-state index in [0.29, 0.717) is 6.54 Å². The van der Waals surface area contributed by atoms with Crippen LogP contribution in [-0.2, 0) is 5.41 Å². The highest BCUT2D eigenvalue weighted by Gasteiger charge is 2.24. The van der Waals surface area contributed by atoms with Crippen molar-refractivity contribution in [3.05, 3.63) is 59.6 Å². The van der Waals surface area contributed by atoms with Crippen LogP contribution >= 0.6 is 0 Å². The van der Waals surface area contributed by atoms with Crippen molar-refractivity contribution in [2.75, 3.05) is 6.54 Å². The second kappa shape index (κ2) is 5.45. The average molecular weight is 279 g/mol. The summed E-state index contributed by atoms with van der Waals surface area (Å²) in [5, 5.41) is 2.69. The Labute approximate surface area is 115 Å². The predicted molar refractivity (Wildman–Crippen MR) is 70.4 cm³/mol. The van der Waals surface area contributed by atoms with Gasteiger partial charge in [0.15, 0.2) is 11.6 Å². The standard InChI is InChI=1S/C15H15F2NO2/c1-15(2,13-4-3-7-20-13)9-18-14(19)10-5-6-11(16)12(17)8-10/h3-8H,9H2,1-2H3,(H,18,19). The Morgan fingerprint density at radius 2 is 2.00 bits per heavy atom. The number of halogens is 2. The Morgan fingerprint density at radius 1 is 1.25 bits per heavy atom. The molecule has 0 fully saturated rings. The van der Waals surface area contributed by atoms with Crippen molar-refractivity contribution in [1.29, 1.82) is 0 Å². The highest BCUT2D eigenvalue weighted by molar-refractivity contribution is 5.94. The molecule has 0 spiro atoms. The maximum atomic E-state index is 13.1. The second-order valence-corrected chi connectivity index (χ2v) is 5.17. The lowest BCUT2D eigenvalue weighted by Crippen LogP contribution is -2.36. The molecule has 0 radical (unpaired) electrons. The number of hydrogen-bond acceptors (Lipinski definition) is 2. The van der Waals surface area contributed by atoms with Gasteiger partial charge in [0, 0.05) is 17.5 Å². The number of benzene rings is 1. The molecule has 0 saturated carbocycles. The summed E-state index contributed by atoms with van der Waals surface area (Å²) < 4.78 is 31.2. The fourth-order valence-corrected chi connectivity index (χ4v) is 1.79. The molecule has 1 aromatic heterocycles. The topological polar surface area (TPSA) is 42.2 Å². The van der Waals surface area contributed by atoms with E-state index in [0.717, 1.165) is 17.9 Å². The molecule has 3 nitrogen and oxygen atoms in total. The third kappa shape index (κ3) is 3.04. The summed E-state index contributed by atoms with van der Waals surface area (Å²) in [6, 6.07) is 6.65. The Kier molecular flexibility index (Phi) is 3.88. The zero-order valence-corrected chi connectivity index (χ0v) is 11.2. The molecule has 0 atom stereocenters. The van der Waals surface area contributed by atoms with Crippen molar-refractivity contribution >= 4 is 5.91 Å². The first kappa shape index (κ1) is 14.2. The fourth-order valence-electron chi connectivity index (χ4n) is 1.79. The van der Waals surface area contributed by atoms with Gasteiger partial charge in [0.05, 0.1) is 6.26 Å². The molecule has 1 heterocycles. The van der Waals surface area contributed by atoms with Crippen LogP contribution in [0.25, 0.3) is 0 Å². The summed E-state index contributed by atoms with van der Waals surface area (Å²) in [5.41, 5.74) is -0.309. The molecular weight excluding hydrogens is 264 g/mol. The van der Waals surface area contributed by atoms with Crippen LogP contribution in [0.4, 0.5) is 8.78 Å². The molecule has 2 rings (SSSR count). The van der Waals surface area contributed by atoms with Gasteiger partial charge in [-0.05, 0) is 30.3 Å². The highest BCUT2D eigenvalue weighted by atomic mass is 19.2. The van der Waals surface area contributed by atoms with E-state index in [-0.39, 0.29) is 5.56 Å². The first-order valence-corrected chi connectivity index (χ1v) is 6.17. The van der Waals surface area contributed by atoms with E-state index in [1.54, 1.807) is 12.3 Å². The molecular formula is C15H15F2NO2. The van der Waals surface area contributed by atoms with Crippen LogP contribution in [0.3, 0.4) is 0 Å². The van der Waals surface area contributed by atoms with Crippen molar-refractivity contribution < 1.29 is 18.0 Å². The normalized spacial score (nSPS) is 11.4. The third-order valence-corrected chi connectivity index (χ3v) is 3.06. The number of rotatable bonds is 4. The van der Waals surface area contributed by atoms with Gasteiger partial charge >= 0.3 is 0 Å². The van der Waals surface area contributed by atoms with E-state index in [9.17, 15) is 13.6 Å². The summed E-state index contributed by atoms with van der Waals surface area (Å²) in [6.45, 7) is 4.15. The first-order valence-electron chi connectivity index (χ1n) is 6.17. The van der Waals surface area contributed by atoms with Crippen molar-refractivity contribution in [2.24, 2.45) is 0 Å². The molecule has 1 aromatic carbocycles. The van der Waals surface area contributed by atoms with Crippen molar-refractivity contribution in [3.63, 3.8) is 0 Å². The second-order valence-electron chi connectivity index (χ2n) is 5.17. The number of hydrogen-bond donors (Lipinski definition) is 1. The number of carbonyl (C=O) groups is 1. The average Bonchev–Trinajstić information content (AvgIpc) is 2.94. The zero-order chi connectivity index (χ0) is 14.8. The Balaban J connectivity index is 2.03. The molecule has 2 aromatic rings. The van der Waals surface area contributed by atoms with Crippen molar-refractivity contribution in [2.45, 2.75) is 19.3 Å². The van der Waals surface area contributed by atoms with Crippen LogP contribution in [-0.4, -0.2) is 12.5 Å². The van der Waals surface area contributed by atoms with E-state index < -0.39 is 23.0 Å². The summed E-state index contributed by atoms with van der Waals surface area (Å²) >= 11 is 0. The number of carbonyl (C=O) groups excluding carboxylic acids is 1. The van der Waals surface area contributed by atoms with Gasteiger partial charge in [-0.2, -0.15) is 0 Å². The maximum absolute atomic E-state index is 13.1. The quantitative estimate of drug-likeness (QED) is 0.933. The van der Waals surface area contributed by atoms with Crippen molar-refractivity contribution in [1.82, 2.24) is 5.32 Å². The Hall–Kier alpha value is -2.17. The summed E-state index contributed by atoms with van der Waals surface area (Å²) in [4.78, 5) is 11.9. The monoisotopic (exact) mass is 279 g/mol. The van der Waals surface area contributed by atoms with Gasteiger partial charge in [0.25, 0.3) is 5.91 Å². The minimum absolute atomic E-state index is 0.0825. The predicted octanol–water partition coefficient (Wildman–Crippen LogP) is 3.27. The number of amides is 1. The van der Waals surface area contributed by atoms with E-state index in [1.807, 2.05) is 19.9 Å². The minimum atomic E-state index is -1.04. The lowest BCUT2D eigenvalue weighted by molar-refractivity contribution is 0.0943. The largest absolute Gasteiger partial charge is 0.469 e. The first-order chi connectivity index (χ1) is 9.40. The Bertz CT molecular complexity index is 606. The van der Waals surface area contributed by atoms with E-state index >= 15 is 0 Å². The van der Waals surface area contributed by atoms with Crippen LogP contribution in [0.2, 0.25) is 0 Å². The fraction of sp³-hybridized carbons (Fsp3) is 0.267. The summed E-state index contributed by atoms with van der Waals surface area (Å²) in [5.74, 6) is -1.73. The maximum Gasteiger partial charge on any atom is 0.251 e.